The minimum Gasteiger partial charge on any atom is -0.450 e. The van der Waals surface area contributed by atoms with Gasteiger partial charge < -0.3 is 4.74 Å². The molecule has 0 radical (unpaired) electrons. The van der Waals surface area contributed by atoms with E-state index in [2.05, 4.69) is 0 Å². The van der Waals surface area contributed by atoms with Gasteiger partial charge in [-0.1, -0.05) is 6.08 Å². The predicted octanol–water partition coefficient (Wildman–Crippen LogP) is 3.19. The summed E-state index contributed by atoms with van der Waals surface area (Å²) >= 11 is 1.09. The van der Waals surface area contributed by atoms with E-state index < -0.39 is 0 Å². The number of thioether (sulfide) groups is 1. The average Bonchev–Trinajstić information content (AvgIpc) is 2.21. The Bertz CT molecular complexity index is 286. The average molecular weight is 242 g/mol. The van der Waals surface area contributed by atoms with Gasteiger partial charge in [-0.05, 0) is 56.7 Å². The smallest absolute Gasteiger partial charge is 0.367 e. The van der Waals surface area contributed by atoms with E-state index in [1.807, 2.05) is 12.2 Å². The van der Waals surface area contributed by atoms with E-state index >= 15 is 0 Å². The van der Waals surface area contributed by atoms with Crippen molar-refractivity contribution in [3.05, 3.63) is 12.2 Å². The monoisotopic (exact) mass is 242 g/mol. The Labute approximate surface area is 101 Å². The van der Waals surface area contributed by atoms with Crippen molar-refractivity contribution in [2.75, 3.05) is 6.26 Å². The molecule has 3 nitrogen and oxygen atoms in total. The second kappa shape index (κ2) is 6.74. The van der Waals surface area contributed by atoms with Gasteiger partial charge in [-0.3, -0.25) is 4.79 Å². The summed E-state index contributed by atoms with van der Waals surface area (Å²) in [5, 5.41) is -0.238. The van der Waals surface area contributed by atoms with Crippen molar-refractivity contribution in [3.63, 3.8) is 0 Å². The van der Waals surface area contributed by atoms with Gasteiger partial charge in [-0.15, -0.1) is 0 Å². The summed E-state index contributed by atoms with van der Waals surface area (Å²) in [5.41, 5.74) is 0. The molecule has 4 heteroatoms. The number of Topliss-reactive ketones (excluding diaryl/α,β-unsaturated/α-hetero) is 1. The van der Waals surface area contributed by atoms with Gasteiger partial charge in [0.25, 0.3) is 0 Å². The summed E-state index contributed by atoms with van der Waals surface area (Å²) in [6.45, 7) is 1.64. The number of allylic oxidation sites excluding steroid dienone is 1. The third-order valence-corrected chi connectivity index (χ3v) is 3.23. The van der Waals surface area contributed by atoms with Crippen LogP contribution in [0, 0.1) is 5.92 Å². The maximum absolute atomic E-state index is 11.2. The van der Waals surface area contributed by atoms with Crippen molar-refractivity contribution in [2.24, 2.45) is 5.92 Å². The molecule has 0 saturated heterocycles. The third kappa shape index (κ3) is 4.39. The minimum absolute atomic E-state index is 0.118. The molecular formula is C12H18O3S. The molecule has 0 aliphatic heterocycles. The Morgan fingerprint density at radius 1 is 1.38 bits per heavy atom. The highest BCUT2D eigenvalue weighted by Gasteiger charge is 2.18. The molecule has 0 amide bonds. The molecule has 2 unspecified atom stereocenters. The van der Waals surface area contributed by atoms with Gasteiger partial charge in [0.05, 0.1) is 0 Å². The molecule has 0 aromatic heterocycles. The normalized spacial score (nSPS) is 27.6. The van der Waals surface area contributed by atoms with Crippen LogP contribution in [0.3, 0.4) is 0 Å². The molecule has 90 valence electrons. The Balaban J connectivity index is 2.48. The first-order valence-electron chi connectivity index (χ1n) is 5.55. The number of hydrogen-bond donors (Lipinski definition) is 0. The van der Waals surface area contributed by atoms with Crippen molar-refractivity contribution in [1.29, 1.82) is 0 Å². The first-order chi connectivity index (χ1) is 7.63. The molecule has 0 aromatic rings. The molecule has 1 aliphatic rings. The van der Waals surface area contributed by atoms with E-state index in [1.165, 1.54) is 0 Å². The zero-order valence-electron chi connectivity index (χ0n) is 9.77. The van der Waals surface area contributed by atoms with Crippen molar-refractivity contribution >= 4 is 22.8 Å². The molecule has 1 rings (SSSR count). The first-order valence-corrected chi connectivity index (χ1v) is 6.77. The van der Waals surface area contributed by atoms with E-state index in [1.54, 1.807) is 13.2 Å². The Hall–Kier alpha value is -0.770. The standard InChI is InChI=1S/C12H18O3S/c1-9(13)10-5-3-7-11(8-4-6-10)15-12(14)16-2/h3,7,10-11H,4-6,8H2,1-2H3/b7-3+. The van der Waals surface area contributed by atoms with Crippen LogP contribution in [-0.4, -0.2) is 23.4 Å². The first kappa shape index (κ1) is 13.3. The summed E-state index contributed by atoms with van der Waals surface area (Å²) in [6, 6.07) is 0. The van der Waals surface area contributed by atoms with Crippen LogP contribution in [-0.2, 0) is 9.53 Å². The molecule has 0 spiro atoms. The fraction of sp³-hybridized carbons (Fsp3) is 0.667. The van der Waals surface area contributed by atoms with Gasteiger partial charge in [-0.2, -0.15) is 0 Å². The highest BCUT2D eigenvalue weighted by molar-refractivity contribution is 8.12. The van der Waals surface area contributed by atoms with Gasteiger partial charge in [0, 0.05) is 5.92 Å². The molecule has 2 atom stereocenters. The summed E-state index contributed by atoms with van der Waals surface area (Å²) in [7, 11) is 0. The molecule has 0 heterocycles. The van der Waals surface area contributed by atoms with E-state index in [9.17, 15) is 9.59 Å². The van der Waals surface area contributed by atoms with Crippen LogP contribution in [0.2, 0.25) is 0 Å². The van der Waals surface area contributed by atoms with Crippen LogP contribution in [0.15, 0.2) is 12.2 Å². The Kier molecular flexibility index (Phi) is 5.60. The van der Waals surface area contributed by atoms with Crippen LogP contribution in [0.1, 0.15) is 32.6 Å². The molecule has 0 bridgehead atoms. The second-order valence-corrected chi connectivity index (χ2v) is 4.75. The number of rotatable bonds is 2. The van der Waals surface area contributed by atoms with Crippen LogP contribution in [0.5, 0.6) is 0 Å². The SMILES string of the molecule is CSC(=O)OC1/C=C/CC(C(C)=O)CCC1. The Morgan fingerprint density at radius 2 is 2.12 bits per heavy atom. The zero-order chi connectivity index (χ0) is 12.0. The molecule has 0 fully saturated rings. The fourth-order valence-electron chi connectivity index (χ4n) is 1.81. The number of carbonyl (C=O) groups excluding carboxylic acids is 2. The minimum atomic E-state index is -0.238. The maximum Gasteiger partial charge on any atom is 0.367 e. The summed E-state index contributed by atoms with van der Waals surface area (Å²) in [5.74, 6) is 0.401. The zero-order valence-corrected chi connectivity index (χ0v) is 10.6. The lowest BCUT2D eigenvalue weighted by Gasteiger charge is -2.19. The van der Waals surface area contributed by atoms with Gasteiger partial charge in [0.1, 0.15) is 11.9 Å². The third-order valence-electron chi connectivity index (χ3n) is 2.80. The maximum atomic E-state index is 11.2. The van der Waals surface area contributed by atoms with E-state index in [4.69, 9.17) is 4.74 Å². The van der Waals surface area contributed by atoms with E-state index in [0.717, 1.165) is 37.4 Å². The highest BCUT2D eigenvalue weighted by atomic mass is 32.2. The topological polar surface area (TPSA) is 43.4 Å². The largest absolute Gasteiger partial charge is 0.450 e. The van der Waals surface area contributed by atoms with Crippen molar-refractivity contribution in [1.82, 2.24) is 0 Å². The molecular weight excluding hydrogens is 224 g/mol. The van der Waals surface area contributed by atoms with Crippen LogP contribution in [0.4, 0.5) is 4.79 Å². The number of carbonyl (C=O) groups is 2. The highest BCUT2D eigenvalue weighted by Crippen LogP contribution is 2.21. The van der Waals surface area contributed by atoms with E-state index in [0.29, 0.717) is 0 Å². The lowest BCUT2D eigenvalue weighted by atomic mass is 9.91. The van der Waals surface area contributed by atoms with Gasteiger partial charge in [0.15, 0.2) is 0 Å². The fourth-order valence-corrected chi connectivity index (χ4v) is 2.03. The van der Waals surface area contributed by atoms with Gasteiger partial charge >= 0.3 is 5.30 Å². The van der Waals surface area contributed by atoms with E-state index in [-0.39, 0.29) is 23.1 Å². The molecule has 16 heavy (non-hydrogen) atoms. The summed E-state index contributed by atoms with van der Waals surface area (Å²) < 4.78 is 5.22. The molecule has 0 saturated carbocycles. The second-order valence-electron chi connectivity index (χ2n) is 4.01. The lowest BCUT2D eigenvalue weighted by molar-refractivity contribution is -0.120. The van der Waals surface area contributed by atoms with Gasteiger partial charge in [0.2, 0.25) is 0 Å². The summed E-state index contributed by atoms with van der Waals surface area (Å²) in [6.07, 6.45) is 8.87. The number of ether oxygens (including phenoxy) is 1. The van der Waals surface area contributed by atoms with Crippen LogP contribution in [0.25, 0.3) is 0 Å². The number of ketones is 1. The molecule has 0 N–H and O–H groups in total. The number of hydrogen-bond acceptors (Lipinski definition) is 4. The quantitative estimate of drug-likeness (QED) is 0.551. The Morgan fingerprint density at radius 3 is 2.75 bits per heavy atom. The predicted molar refractivity (Wildman–Crippen MR) is 65.6 cm³/mol. The van der Waals surface area contributed by atoms with Crippen LogP contribution >= 0.6 is 11.8 Å². The van der Waals surface area contributed by atoms with Crippen LogP contribution < -0.4 is 0 Å². The van der Waals surface area contributed by atoms with Crippen molar-refractivity contribution in [3.8, 4) is 0 Å². The van der Waals surface area contributed by atoms with Crippen molar-refractivity contribution in [2.45, 2.75) is 38.7 Å². The van der Waals surface area contributed by atoms with Gasteiger partial charge in [-0.25, -0.2) is 4.79 Å². The summed E-state index contributed by atoms with van der Waals surface area (Å²) in [4.78, 5) is 22.4. The molecule has 0 aromatic carbocycles. The molecule has 1 aliphatic carbocycles. The lowest BCUT2D eigenvalue weighted by Crippen LogP contribution is -2.17. The van der Waals surface area contributed by atoms with Crippen molar-refractivity contribution < 1.29 is 14.3 Å².